The topological polar surface area (TPSA) is 71.1 Å². The molecule has 0 unspecified atom stereocenters. The summed E-state index contributed by atoms with van der Waals surface area (Å²) in [6, 6.07) is 15.1. The molecule has 2 rings (SSSR count). The van der Waals surface area contributed by atoms with Gasteiger partial charge in [0.05, 0.1) is 18.4 Å². The monoisotopic (exact) mass is 253 g/mol. The number of rotatable bonds is 4. The summed E-state index contributed by atoms with van der Waals surface area (Å²) < 4.78 is 5.26. The van der Waals surface area contributed by atoms with Crippen LogP contribution in [0.4, 0.5) is 11.4 Å². The van der Waals surface area contributed by atoms with Crippen molar-refractivity contribution in [3.63, 3.8) is 0 Å². The van der Waals surface area contributed by atoms with Gasteiger partial charge in [-0.25, -0.2) is 0 Å². The van der Waals surface area contributed by atoms with E-state index in [0.717, 1.165) is 11.3 Å². The molecule has 0 radical (unpaired) electrons. The molecule has 0 saturated heterocycles. The van der Waals surface area contributed by atoms with Crippen molar-refractivity contribution in [1.29, 1.82) is 5.26 Å². The summed E-state index contributed by atoms with van der Waals surface area (Å²) in [5.41, 5.74) is 8.84. The highest BCUT2D eigenvalue weighted by Crippen LogP contribution is 2.28. The molecule has 0 aromatic heterocycles. The maximum Gasteiger partial charge on any atom is 0.143 e. The molecule has 96 valence electrons. The lowest BCUT2D eigenvalue weighted by Gasteiger charge is -2.13. The zero-order valence-electron chi connectivity index (χ0n) is 10.7. The minimum Gasteiger partial charge on any atom is -0.495 e. The molecule has 0 aliphatic rings. The second kappa shape index (κ2) is 5.78. The summed E-state index contributed by atoms with van der Waals surface area (Å²) in [5.74, 6) is 0.647. The Morgan fingerprint density at radius 2 is 2.00 bits per heavy atom. The van der Waals surface area contributed by atoms with Crippen molar-refractivity contribution in [2.75, 3.05) is 18.2 Å². The smallest absolute Gasteiger partial charge is 0.143 e. The van der Waals surface area contributed by atoms with E-state index in [2.05, 4.69) is 11.4 Å². The average molecular weight is 253 g/mol. The molecule has 0 fully saturated rings. The van der Waals surface area contributed by atoms with E-state index in [1.165, 1.54) is 0 Å². The van der Waals surface area contributed by atoms with Crippen LogP contribution in [0.5, 0.6) is 5.75 Å². The van der Waals surface area contributed by atoms with Crippen molar-refractivity contribution < 1.29 is 4.74 Å². The third-order valence-corrected chi connectivity index (χ3v) is 2.88. The van der Waals surface area contributed by atoms with E-state index in [0.29, 0.717) is 23.5 Å². The highest BCUT2D eigenvalue weighted by atomic mass is 16.5. The lowest BCUT2D eigenvalue weighted by molar-refractivity contribution is 0.416. The number of nitrogens with one attached hydrogen (secondary N) is 1. The van der Waals surface area contributed by atoms with Gasteiger partial charge in [-0.3, -0.25) is 0 Å². The Morgan fingerprint density at radius 3 is 2.68 bits per heavy atom. The van der Waals surface area contributed by atoms with Gasteiger partial charge in [-0.15, -0.1) is 0 Å². The van der Waals surface area contributed by atoms with Gasteiger partial charge >= 0.3 is 0 Å². The van der Waals surface area contributed by atoms with E-state index in [1.807, 2.05) is 30.3 Å². The van der Waals surface area contributed by atoms with Crippen molar-refractivity contribution in [1.82, 2.24) is 0 Å². The summed E-state index contributed by atoms with van der Waals surface area (Å²) in [6.45, 7) is 0.543. The number of hydrogen-bond donors (Lipinski definition) is 2. The molecule has 0 aliphatic heterocycles. The van der Waals surface area contributed by atoms with E-state index < -0.39 is 0 Å². The summed E-state index contributed by atoms with van der Waals surface area (Å²) in [6.07, 6.45) is 0. The Labute approximate surface area is 112 Å². The summed E-state index contributed by atoms with van der Waals surface area (Å²) >= 11 is 0. The predicted molar refractivity (Wildman–Crippen MR) is 75.9 cm³/mol. The predicted octanol–water partition coefficient (Wildman–Crippen LogP) is 2.76. The van der Waals surface area contributed by atoms with Crippen LogP contribution >= 0.6 is 0 Å². The molecule has 3 N–H and O–H groups in total. The van der Waals surface area contributed by atoms with Gasteiger partial charge in [-0.2, -0.15) is 5.26 Å². The van der Waals surface area contributed by atoms with Crippen LogP contribution in [-0.2, 0) is 6.54 Å². The van der Waals surface area contributed by atoms with Crippen molar-refractivity contribution in [2.45, 2.75) is 6.54 Å². The average Bonchev–Trinajstić information content (AvgIpc) is 2.46. The fourth-order valence-corrected chi connectivity index (χ4v) is 1.86. The molecule has 4 heteroatoms. The molecule has 0 heterocycles. The maximum atomic E-state index is 9.12. The first-order chi connectivity index (χ1) is 9.26. The van der Waals surface area contributed by atoms with Crippen LogP contribution in [0.2, 0.25) is 0 Å². The van der Waals surface area contributed by atoms with Gasteiger partial charge in [0.15, 0.2) is 0 Å². The zero-order valence-corrected chi connectivity index (χ0v) is 10.7. The van der Waals surface area contributed by atoms with Crippen LogP contribution in [-0.4, -0.2) is 7.11 Å². The van der Waals surface area contributed by atoms with Crippen molar-refractivity contribution >= 4 is 11.4 Å². The Kier molecular flexibility index (Phi) is 3.89. The van der Waals surface area contributed by atoms with Crippen LogP contribution in [0.15, 0.2) is 42.5 Å². The number of nitrogens with zero attached hydrogens (tertiary/aromatic N) is 1. The number of nitrogens with two attached hydrogens (primary N) is 1. The summed E-state index contributed by atoms with van der Waals surface area (Å²) in [7, 11) is 1.58. The first-order valence-electron chi connectivity index (χ1n) is 5.90. The van der Waals surface area contributed by atoms with E-state index in [4.69, 9.17) is 15.7 Å². The first kappa shape index (κ1) is 12.8. The molecular formula is C15H15N3O. The lowest BCUT2D eigenvalue weighted by Crippen LogP contribution is -2.05. The lowest BCUT2D eigenvalue weighted by atomic mass is 10.1. The largest absolute Gasteiger partial charge is 0.495 e. The minimum absolute atomic E-state index is 0.543. The SMILES string of the molecule is COc1cccc(C#N)c1NCc1ccccc1N. The molecule has 0 saturated carbocycles. The molecule has 0 atom stereocenters. The van der Waals surface area contributed by atoms with Gasteiger partial charge < -0.3 is 15.8 Å². The number of benzene rings is 2. The van der Waals surface area contributed by atoms with Crippen LogP contribution < -0.4 is 15.8 Å². The number of anilines is 2. The van der Waals surface area contributed by atoms with Gasteiger partial charge in [0.1, 0.15) is 11.8 Å². The highest BCUT2D eigenvalue weighted by molar-refractivity contribution is 5.66. The Morgan fingerprint density at radius 1 is 1.21 bits per heavy atom. The number of nitriles is 1. The van der Waals surface area contributed by atoms with E-state index >= 15 is 0 Å². The van der Waals surface area contributed by atoms with Gasteiger partial charge in [0.2, 0.25) is 0 Å². The molecule has 19 heavy (non-hydrogen) atoms. The second-order valence-electron chi connectivity index (χ2n) is 4.05. The fraction of sp³-hybridized carbons (Fsp3) is 0.133. The quantitative estimate of drug-likeness (QED) is 0.822. The van der Waals surface area contributed by atoms with Crippen molar-refractivity contribution in [2.24, 2.45) is 0 Å². The van der Waals surface area contributed by atoms with Gasteiger partial charge in [-0.1, -0.05) is 24.3 Å². The Hall–Kier alpha value is -2.67. The molecular weight excluding hydrogens is 238 g/mol. The van der Waals surface area contributed by atoms with Crippen LogP contribution in [0.3, 0.4) is 0 Å². The standard InChI is InChI=1S/C15H15N3O/c1-19-14-8-4-6-11(9-16)15(14)18-10-12-5-2-3-7-13(12)17/h2-8,18H,10,17H2,1H3. The molecule has 4 nitrogen and oxygen atoms in total. The van der Waals surface area contributed by atoms with Crippen LogP contribution in [0, 0.1) is 11.3 Å². The number of methoxy groups -OCH3 is 1. The van der Waals surface area contributed by atoms with Crippen LogP contribution in [0.1, 0.15) is 11.1 Å². The van der Waals surface area contributed by atoms with Gasteiger partial charge in [-0.05, 0) is 23.8 Å². The molecule has 0 bridgehead atoms. The summed E-state index contributed by atoms with van der Waals surface area (Å²) in [5, 5.41) is 12.3. The highest BCUT2D eigenvalue weighted by Gasteiger charge is 2.08. The van der Waals surface area contributed by atoms with Crippen molar-refractivity contribution in [3.8, 4) is 11.8 Å². The third kappa shape index (κ3) is 2.78. The van der Waals surface area contributed by atoms with Crippen LogP contribution in [0.25, 0.3) is 0 Å². The van der Waals surface area contributed by atoms with Crippen molar-refractivity contribution in [3.05, 3.63) is 53.6 Å². The molecule has 2 aromatic rings. The van der Waals surface area contributed by atoms with E-state index in [9.17, 15) is 0 Å². The zero-order chi connectivity index (χ0) is 13.7. The van der Waals surface area contributed by atoms with Gasteiger partial charge in [0.25, 0.3) is 0 Å². The second-order valence-corrected chi connectivity index (χ2v) is 4.05. The number of hydrogen-bond acceptors (Lipinski definition) is 4. The van der Waals surface area contributed by atoms with E-state index in [1.54, 1.807) is 19.2 Å². The first-order valence-corrected chi connectivity index (χ1v) is 5.90. The number of para-hydroxylation sites is 2. The molecule has 0 aliphatic carbocycles. The number of nitrogen functional groups attached to an aromatic ring is 1. The Balaban J connectivity index is 2.25. The molecule has 0 amide bonds. The fourth-order valence-electron chi connectivity index (χ4n) is 1.86. The minimum atomic E-state index is 0.543. The normalized spacial score (nSPS) is 9.68. The molecule has 2 aromatic carbocycles. The Bertz CT molecular complexity index is 617. The van der Waals surface area contributed by atoms with E-state index in [-0.39, 0.29) is 0 Å². The molecule has 0 spiro atoms. The summed E-state index contributed by atoms with van der Waals surface area (Å²) in [4.78, 5) is 0. The number of ether oxygens (including phenoxy) is 1. The van der Waals surface area contributed by atoms with Gasteiger partial charge in [0, 0.05) is 12.2 Å². The maximum absolute atomic E-state index is 9.12. The third-order valence-electron chi connectivity index (χ3n) is 2.88.